The first-order chi connectivity index (χ1) is 18.3. The van der Waals surface area contributed by atoms with Crippen molar-refractivity contribution in [3.8, 4) is 0 Å². The molecule has 1 heterocycles. The van der Waals surface area contributed by atoms with E-state index in [0.717, 1.165) is 55.9 Å². The number of thiocarbonyl (C=S) groups is 1. The molecule has 2 aliphatic carbocycles. The van der Waals surface area contributed by atoms with E-state index >= 15 is 4.39 Å². The average molecular weight is 565 g/mol. The van der Waals surface area contributed by atoms with E-state index in [1.807, 2.05) is 0 Å². The molecule has 38 heavy (non-hydrogen) atoms. The minimum atomic E-state index is -0.534. The molecule has 8 nitrogen and oxygen atoms in total. The van der Waals surface area contributed by atoms with Gasteiger partial charge < -0.3 is 15.0 Å². The quantitative estimate of drug-likeness (QED) is 0.347. The number of anilines is 1. The summed E-state index contributed by atoms with van der Waals surface area (Å²) in [6.07, 6.45) is 10.8. The number of halogens is 1. The summed E-state index contributed by atoms with van der Waals surface area (Å²) in [4.78, 5) is 41.1. The van der Waals surface area contributed by atoms with Crippen LogP contribution in [-0.4, -0.2) is 56.3 Å². The van der Waals surface area contributed by atoms with Gasteiger partial charge in [0.25, 0.3) is 5.56 Å². The van der Waals surface area contributed by atoms with Crippen LogP contribution in [0.2, 0.25) is 0 Å². The molecule has 2 saturated carbocycles. The number of benzene rings is 1. The summed E-state index contributed by atoms with van der Waals surface area (Å²) in [7, 11) is 0. The largest absolute Gasteiger partial charge is 0.465 e. The van der Waals surface area contributed by atoms with Crippen LogP contribution in [0.5, 0.6) is 0 Å². The van der Waals surface area contributed by atoms with Crippen LogP contribution in [0.1, 0.15) is 70.8 Å². The fourth-order valence-corrected chi connectivity index (χ4v) is 6.20. The third kappa shape index (κ3) is 6.42. The smallest absolute Gasteiger partial charge is 0.331 e. The van der Waals surface area contributed by atoms with Crippen LogP contribution < -0.4 is 16.6 Å². The number of carbonyl (C=O) groups excluding carboxylic acids is 1. The lowest BCUT2D eigenvalue weighted by Crippen LogP contribution is -2.45. The molecule has 0 amide bonds. The molecule has 2 aliphatic rings. The van der Waals surface area contributed by atoms with Crippen LogP contribution in [0.3, 0.4) is 0 Å². The second kappa shape index (κ2) is 13.1. The molecule has 2 aromatic rings. The van der Waals surface area contributed by atoms with E-state index in [9.17, 15) is 14.4 Å². The zero-order chi connectivity index (χ0) is 27.2. The van der Waals surface area contributed by atoms with Crippen molar-refractivity contribution in [3.05, 3.63) is 38.8 Å². The lowest BCUT2D eigenvalue weighted by atomic mass is 9.95. The molecule has 0 aliphatic heterocycles. The first kappa shape index (κ1) is 28.6. The number of thioether (sulfide) groups is 1. The molecule has 11 heteroatoms. The predicted octanol–water partition coefficient (Wildman–Crippen LogP) is 4.68. The van der Waals surface area contributed by atoms with Gasteiger partial charge >= 0.3 is 11.7 Å². The molecule has 2 fully saturated rings. The Labute approximate surface area is 231 Å². The highest BCUT2D eigenvalue weighted by Gasteiger charge is 2.25. The summed E-state index contributed by atoms with van der Waals surface area (Å²) in [5, 5.41) is 3.52. The Balaban J connectivity index is 1.73. The minimum Gasteiger partial charge on any atom is -0.465 e. The highest BCUT2D eigenvalue weighted by Crippen LogP contribution is 2.32. The van der Waals surface area contributed by atoms with Crippen LogP contribution in [-0.2, 0) is 16.1 Å². The normalized spacial score (nSPS) is 16.6. The molecular formula is C27H37FN4O4S2. The van der Waals surface area contributed by atoms with Gasteiger partial charge in [-0.3, -0.25) is 18.7 Å². The second-order valence-corrected chi connectivity index (χ2v) is 11.5. The molecule has 1 aromatic heterocycles. The summed E-state index contributed by atoms with van der Waals surface area (Å²) in [6.45, 7) is 2.10. The van der Waals surface area contributed by atoms with E-state index in [-0.39, 0.29) is 43.7 Å². The molecule has 0 unspecified atom stereocenters. The van der Waals surface area contributed by atoms with Gasteiger partial charge in [-0.25, -0.2) is 9.18 Å². The van der Waals surface area contributed by atoms with Crippen LogP contribution in [0.4, 0.5) is 10.1 Å². The SMILES string of the molecule is CCOC(=O)CN(CCn1c(=O)c2cc(F)c(NC3CCCCC3)cc2n(C2CCCC2)c1=O)C(=S)SC. The van der Waals surface area contributed by atoms with Gasteiger partial charge in [0, 0.05) is 25.2 Å². The molecule has 4 rings (SSSR count). The fraction of sp³-hybridized carbons (Fsp3) is 0.630. The Bertz CT molecular complexity index is 1280. The number of ether oxygens (including phenoxy) is 1. The van der Waals surface area contributed by atoms with Crippen LogP contribution in [0.15, 0.2) is 21.7 Å². The van der Waals surface area contributed by atoms with Crippen molar-refractivity contribution in [1.29, 1.82) is 0 Å². The zero-order valence-electron chi connectivity index (χ0n) is 22.2. The van der Waals surface area contributed by atoms with Gasteiger partial charge in [0.05, 0.1) is 23.2 Å². The van der Waals surface area contributed by atoms with Crippen molar-refractivity contribution in [2.24, 2.45) is 0 Å². The standard InChI is InChI=1S/C27H37FN4O4S2/c1-3-36-24(33)17-30(27(37)38-2)13-14-31-25(34)20-15-21(28)22(29-18-9-5-4-6-10-18)16-23(20)32(26(31)35)19-11-7-8-12-19/h15-16,18-19,29H,3-14,17H2,1-2H3. The number of hydrogen-bond acceptors (Lipinski definition) is 7. The Kier molecular flexibility index (Phi) is 9.86. The maximum absolute atomic E-state index is 15.3. The number of rotatable bonds is 9. The maximum Gasteiger partial charge on any atom is 0.331 e. The van der Waals surface area contributed by atoms with E-state index in [2.05, 4.69) is 5.32 Å². The highest BCUT2D eigenvalue weighted by atomic mass is 32.2. The third-order valence-corrected chi connectivity index (χ3v) is 8.93. The van der Waals surface area contributed by atoms with Gasteiger partial charge in [-0.1, -0.05) is 44.3 Å². The average Bonchev–Trinajstić information content (AvgIpc) is 3.44. The lowest BCUT2D eigenvalue weighted by Gasteiger charge is -2.26. The van der Waals surface area contributed by atoms with Crippen LogP contribution in [0, 0.1) is 5.82 Å². The van der Waals surface area contributed by atoms with Crippen molar-refractivity contribution in [3.63, 3.8) is 0 Å². The summed E-state index contributed by atoms with van der Waals surface area (Å²) in [6, 6.07) is 3.06. The predicted molar refractivity (Wildman–Crippen MR) is 155 cm³/mol. The first-order valence-corrected chi connectivity index (χ1v) is 15.2. The number of nitrogens with one attached hydrogen (secondary N) is 1. The van der Waals surface area contributed by atoms with Crippen molar-refractivity contribution >= 4 is 50.9 Å². The molecule has 0 bridgehead atoms. The molecule has 0 radical (unpaired) electrons. The number of aromatic nitrogens is 2. The van der Waals surface area contributed by atoms with Gasteiger partial charge in [-0.05, 0) is 51.0 Å². The second-order valence-electron chi connectivity index (χ2n) is 10.1. The Morgan fingerprint density at radius 1 is 1.16 bits per heavy atom. The van der Waals surface area contributed by atoms with E-state index < -0.39 is 23.0 Å². The van der Waals surface area contributed by atoms with Gasteiger partial charge in [-0.15, -0.1) is 11.8 Å². The van der Waals surface area contributed by atoms with Crippen LogP contribution in [0.25, 0.3) is 10.9 Å². The number of carbonyl (C=O) groups is 1. The number of fused-ring (bicyclic) bond motifs is 1. The van der Waals surface area contributed by atoms with Gasteiger partial charge in [-0.2, -0.15) is 0 Å². The van der Waals surface area contributed by atoms with E-state index in [1.54, 1.807) is 28.7 Å². The van der Waals surface area contributed by atoms with Crippen molar-refractivity contribution < 1.29 is 13.9 Å². The first-order valence-electron chi connectivity index (χ1n) is 13.6. The highest BCUT2D eigenvalue weighted by molar-refractivity contribution is 8.22. The molecule has 0 saturated heterocycles. The number of nitrogens with zero attached hydrogens (tertiary/aromatic N) is 3. The van der Waals surface area contributed by atoms with Gasteiger partial charge in [0.2, 0.25) is 0 Å². The number of esters is 1. The Morgan fingerprint density at radius 3 is 2.50 bits per heavy atom. The summed E-state index contributed by atoms with van der Waals surface area (Å²) in [5.74, 6) is -0.922. The summed E-state index contributed by atoms with van der Waals surface area (Å²) >= 11 is 6.71. The topological polar surface area (TPSA) is 85.6 Å². The summed E-state index contributed by atoms with van der Waals surface area (Å²) in [5.41, 5.74) is -0.117. The molecular weight excluding hydrogens is 527 g/mol. The number of hydrogen-bond donors (Lipinski definition) is 1. The molecule has 1 N–H and O–H groups in total. The molecule has 208 valence electrons. The Morgan fingerprint density at radius 2 is 1.84 bits per heavy atom. The van der Waals surface area contributed by atoms with Gasteiger partial charge in [0.15, 0.2) is 0 Å². The van der Waals surface area contributed by atoms with Crippen LogP contribution >= 0.6 is 24.0 Å². The fourth-order valence-electron chi connectivity index (χ4n) is 5.63. The maximum atomic E-state index is 15.3. The summed E-state index contributed by atoms with van der Waals surface area (Å²) < 4.78 is 23.7. The molecule has 0 atom stereocenters. The van der Waals surface area contributed by atoms with Crippen molar-refractivity contribution in [2.75, 3.05) is 31.3 Å². The monoisotopic (exact) mass is 564 g/mol. The van der Waals surface area contributed by atoms with E-state index in [0.29, 0.717) is 15.5 Å². The van der Waals surface area contributed by atoms with E-state index in [1.165, 1.54) is 24.2 Å². The lowest BCUT2D eigenvalue weighted by molar-refractivity contribution is -0.143. The minimum absolute atomic E-state index is 0.0180. The van der Waals surface area contributed by atoms with Gasteiger partial charge in [0.1, 0.15) is 16.7 Å². The zero-order valence-corrected chi connectivity index (χ0v) is 23.8. The third-order valence-electron chi connectivity index (χ3n) is 7.56. The van der Waals surface area contributed by atoms with Crippen molar-refractivity contribution in [1.82, 2.24) is 14.0 Å². The Hall–Kier alpha value is -2.40. The van der Waals surface area contributed by atoms with Crippen molar-refractivity contribution in [2.45, 2.75) is 83.3 Å². The van der Waals surface area contributed by atoms with E-state index in [4.69, 9.17) is 17.0 Å². The molecule has 1 aromatic carbocycles. The molecule has 0 spiro atoms.